The number of benzene rings is 3. The summed E-state index contributed by atoms with van der Waals surface area (Å²) in [4.78, 5) is 40.5. The summed E-state index contributed by atoms with van der Waals surface area (Å²) < 4.78 is 19.1. The van der Waals surface area contributed by atoms with E-state index in [0.29, 0.717) is 28.8 Å². The molecule has 0 aromatic heterocycles. The first-order valence-corrected chi connectivity index (χ1v) is 12.1. The van der Waals surface area contributed by atoms with Crippen molar-refractivity contribution < 1.29 is 23.5 Å². The molecular weight excluding hydrogens is 519 g/mol. The largest absolute Gasteiger partial charge is 0.494 e. The van der Waals surface area contributed by atoms with Crippen LogP contribution < -0.4 is 20.4 Å². The fourth-order valence-electron chi connectivity index (χ4n) is 3.75. The summed E-state index contributed by atoms with van der Waals surface area (Å²) in [5, 5.41) is 4.30. The van der Waals surface area contributed by atoms with E-state index in [-0.39, 0.29) is 17.1 Å². The summed E-state index contributed by atoms with van der Waals surface area (Å²) in [5.74, 6) is -1.72. The zero-order valence-corrected chi connectivity index (χ0v) is 21.2. The van der Waals surface area contributed by atoms with Gasteiger partial charge in [-0.3, -0.25) is 24.7 Å². The van der Waals surface area contributed by atoms with Crippen LogP contribution in [0.15, 0.2) is 72.8 Å². The minimum Gasteiger partial charge on any atom is -0.494 e. The number of halogens is 2. The highest BCUT2D eigenvalue weighted by atomic mass is 35.5. The molecule has 0 saturated carbocycles. The van der Waals surface area contributed by atoms with Gasteiger partial charge >= 0.3 is 0 Å². The normalized spacial score (nSPS) is 15.1. The second-order valence-electron chi connectivity index (χ2n) is 7.98. The lowest BCUT2D eigenvalue weighted by Gasteiger charge is -2.24. The van der Waals surface area contributed by atoms with E-state index in [9.17, 15) is 18.8 Å². The van der Waals surface area contributed by atoms with Gasteiger partial charge in [-0.05, 0) is 73.7 Å². The number of hydrazine groups is 1. The molecule has 1 aliphatic heterocycles. The van der Waals surface area contributed by atoms with Gasteiger partial charge in [-0.2, -0.15) is 0 Å². The molecule has 1 unspecified atom stereocenters. The van der Waals surface area contributed by atoms with Crippen LogP contribution in [0.4, 0.5) is 15.8 Å². The second kappa shape index (κ2) is 11.4. The molecule has 1 heterocycles. The highest BCUT2D eigenvalue weighted by Crippen LogP contribution is 2.28. The molecule has 0 radical (unpaired) electrons. The van der Waals surface area contributed by atoms with Gasteiger partial charge in [0.05, 0.1) is 18.7 Å². The van der Waals surface area contributed by atoms with E-state index >= 15 is 0 Å². The number of hydrogen-bond donors (Lipinski definition) is 2. The van der Waals surface area contributed by atoms with Crippen molar-refractivity contribution >= 4 is 58.0 Å². The molecule has 0 spiro atoms. The predicted octanol–water partition coefficient (Wildman–Crippen LogP) is 4.55. The number of thiocarbonyl (C=S) groups is 1. The zero-order valence-electron chi connectivity index (χ0n) is 19.6. The molecule has 3 aromatic rings. The molecular formula is C26H22ClFN4O4S. The van der Waals surface area contributed by atoms with E-state index in [4.69, 9.17) is 28.6 Å². The van der Waals surface area contributed by atoms with Crippen LogP contribution in [0.2, 0.25) is 5.02 Å². The average molecular weight is 541 g/mol. The van der Waals surface area contributed by atoms with Gasteiger partial charge in [-0.1, -0.05) is 23.7 Å². The maximum absolute atomic E-state index is 13.7. The lowest BCUT2D eigenvalue weighted by atomic mass is 10.1. The fourth-order valence-corrected chi connectivity index (χ4v) is 4.24. The van der Waals surface area contributed by atoms with Crippen molar-refractivity contribution in [2.45, 2.75) is 19.4 Å². The standard InChI is InChI=1S/C26H22ClFN4O4S/c1-2-36-21-8-4-7-19(14-21)29-23(33)15-22-25(35)31(20-11-9-17(27)10-12-20)26(37)32(22)30-24(34)16-5-3-6-18(28)13-16/h3-14,22H,2,15H2,1H3,(H,29,33)(H,30,34). The maximum Gasteiger partial charge on any atom is 0.269 e. The van der Waals surface area contributed by atoms with Crippen LogP contribution in [0.5, 0.6) is 5.75 Å². The number of nitrogens with zero attached hydrogens (tertiary/aromatic N) is 2. The average Bonchev–Trinajstić information content (AvgIpc) is 3.09. The van der Waals surface area contributed by atoms with Gasteiger partial charge in [-0.15, -0.1) is 0 Å². The molecule has 1 atom stereocenters. The van der Waals surface area contributed by atoms with Gasteiger partial charge < -0.3 is 10.1 Å². The van der Waals surface area contributed by atoms with E-state index in [2.05, 4.69) is 10.7 Å². The van der Waals surface area contributed by atoms with Crippen molar-refractivity contribution in [3.05, 3.63) is 89.2 Å². The number of hydrogen-bond acceptors (Lipinski definition) is 5. The van der Waals surface area contributed by atoms with Crippen LogP contribution in [-0.2, 0) is 9.59 Å². The summed E-state index contributed by atoms with van der Waals surface area (Å²) in [6.45, 7) is 2.31. The van der Waals surface area contributed by atoms with Crippen molar-refractivity contribution in [3.8, 4) is 5.75 Å². The Morgan fingerprint density at radius 2 is 1.81 bits per heavy atom. The van der Waals surface area contributed by atoms with Crippen LogP contribution in [0, 0.1) is 5.82 Å². The minimum atomic E-state index is -1.16. The molecule has 0 bridgehead atoms. The zero-order chi connectivity index (χ0) is 26.5. The Bertz CT molecular complexity index is 1350. The first-order valence-electron chi connectivity index (χ1n) is 11.3. The molecule has 4 rings (SSSR count). The molecule has 1 fully saturated rings. The van der Waals surface area contributed by atoms with Crippen molar-refractivity contribution in [3.63, 3.8) is 0 Å². The topological polar surface area (TPSA) is 91.0 Å². The number of carbonyl (C=O) groups excluding carboxylic acids is 3. The highest BCUT2D eigenvalue weighted by molar-refractivity contribution is 7.80. The van der Waals surface area contributed by atoms with Gasteiger partial charge in [0.1, 0.15) is 17.6 Å². The molecule has 11 heteroatoms. The molecule has 1 saturated heterocycles. The lowest BCUT2D eigenvalue weighted by Crippen LogP contribution is -2.49. The van der Waals surface area contributed by atoms with E-state index in [1.54, 1.807) is 48.5 Å². The van der Waals surface area contributed by atoms with Crippen LogP contribution in [0.3, 0.4) is 0 Å². The number of anilines is 2. The number of carbonyl (C=O) groups is 3. The van der Waals surface area contributed by atoms with E-state index in [1.165, 1.54) is 23.1 Å². The molecule has 37 heavy (non-hydrogen) atoms. The number of ether oxygens (including phenoxy) is 1. The maximum atomic E-state index is 13.7. The van der Waals surface area contributed by atoms with Crippen LogP contribution >= 0.6 is 23.8 Å². The third kappa shape index (κ3) is 6.04. The van der Waals surface area contributed by atoms with Gasteiger partial charge in [0.2, 0.25) is 11.0 Å². The van der Waals surface area contributed by atoms with Crippen molar-refractivity contribution in [1.82, 2.24) is 10.4 Å². The monoisotopic (exact) mass is 540 g/mol. The molecule has 0 aliphatic carbocycles. The summed E-state index contributed by atoms with van der Waals surface area (Å²) in [6.07, 6.45) is -0.328. The third-order valence-corrected chi connectivity index (χ3v) is 6.05. The quantitative estimate of drug-likeness (QED) is 0.407. The van der Waals surface area contributed by atoms with Gasteiger partial charge in [0.15, 0.2) is 0 Å². The number of rotatable bonds is 8. The Kier molecular flexibility index (Phi) is 8.00. The predicted molar refractivity (Wildman–Crippen MR) is 142 cm³/mol. The molecule has 1 aliphatic rings. The van der Waals surface area contributed by atoms with Gasteiger partial charge in [0, 0.05) is 22.3 Å². The Morgan fingerprint density at radius 3 is 2.51 bits per heavy atom. The van der Waals surface area contributed by atoms with E-state index in [1.807, 2.05) is 6.92 Å². The van der Waals surface area contributed by atoms with Gasteiger partial charge in [0.25, 0.3) is 11.8 Å². The smallest absolute Gasteiger partial charge is 0.269 e. The number of nitrogens with one attached hydrogen (secondary N) is 2. The summed E-state index contributed by atoms with van der Waals surface area (Å²) in [6, 6.07) is 17.1. The van der Waals surface area contributed by atoms with Crippen molar-refractivity contribution in [1.29, 1.82) is 0 Å². The van der Waals surface area contributed by atoms with E-state index in [0.717, 1.165) is 11.1 Å². The van der Waals surface area contributed by atoms with Gasteiger partial charge in [-0.25, -0.2) is 9.40 Å². The molecule has 190 valence electrons. The minimum absolute atomic E-state index is 0.0242. The SMILES string of the molecule is CCOc1cccc(NC(=O)CC2C(=O)N(c3ccc(Cl)cc3)C(=S)N2NC(=O)c2cccc(F)c2)c1. The lowest BCUT2D eigenvalue weighted by molar-refractivity contribution is -0.124. The Labute approximate surface area is 222 Å². The van der Waals surface area contributed by atoms with Crippen LogP contribution in [0.25, 0.3) is 0 Å². The Balaban J connectivity index is 1.58. The molecule has 2 N–H and O–H groups in total. The summed E-state index contributed by atoms with van der Waals surface area (Å²) >= 11 is 11.5. The van der Waals surface area contributed by atoms with Crippen molar-refractivity contribution in [2.75, 3.05) is 16.8 Å². The third-order valence-electron chi connectivity index (χ3n) is 5.42. The second-order valence-corrected chi connectivity index (χ2v) is 8.78. The van der Waals surface area contributed by atoms with Crippen LogP contribution in [0.1, 0.15) is 23.7 Å². The Morgan fingerprint density at radius 1 is 1.08 bits per heavy atom. The van der Waals surface area contributed by atoms with Crippen molar-refractivity contribution in [2.24, 2.45) is 0 Å². The Hall–Kier alpha value is -4.02. The fraction of sp³-hybridized carbons (Fsp3) is 0.154. The molecule has 3 aromatic carbocycles. The van der Waals surface area contributed by atoms with Crippen LogP contribution in [-0.4, -0.2) is 40.5 Å². The highest BCUT2D eigenvalue weighted by Gasteiger charge is 2.45. The summed E-state index contributed by atoms with van der Waals surface area (Å²) in [5.41, 5.74) is 3.48. The van der Waals surface area contributed by atoms with E-state index < -0.39 is 29.6 Å². The molecule has 8 nitrogen and oxygen atoms in total. The first kappa shape index (κ1) is 26.1. The molecule has 3 amide bonds. The summed E-state index contributed by atoms with van der Waals surface area (Å²) in [7, 11) is 0. The number of amides is 3. The first-order chi connectivity index (χ1) is 17.8.